The maximum atomic E-state index is 11.5. The predicted octanol–water partition coefficient (Wildman–Crippen LogP) is 3.86. The Morgan fingerprint density at radius 1 is 1.39 bits per heavy atom. The molecule has 0 spiro atoms. The number of hydrogen-bond acceptors (Lipinski definition) is 4. The Hall–Kier alpha value is -0.0900. The van der Waals surface area contributed by atoms with Crippen LogP contribution in [0.3, 0.4) is 0 Å². The van der Waals surface area contributed by atoms with Gasteiger partial charge in [0.1, 0.15) is 0 Å². The van der Waals surface area contributed by atoms with Crippen LogP contribution >= 0.6 is 23.5 Å². The molecule has 0 N–H and O–H groups in total. The van der Waals surface area contributed by atoms with Crippen molar-refractivity contribution >= 4 is 29.5 Å². The minimum Gasteiger partial charge on any atom is -0.463 e. The fourth-order valence-electron chi connectivity index (χ4n) is 2.62. The minimum absolute atomic E-state index is 0.155. The van der Waals surface area contributed by atoms with Crippen LogP contribution in [0, 0.1) is 5.92 Å². The third-order valence-corrected chi connectivity index (χ3v) is 6.74. The largest absolute Gasteiger partial charge is 0.463 e. The molecule has 1 atom stereocenters. The van der Waals surface area contributed by atoms with E-state index in [9.17, 15) is 4.79 Å². The van der Waals surface area contributed by atoms with E-state index < -0.39 is 0 Å². The summed E-state index contributed by atoms with van der Waals surface area (Å²) in [6.07, 6.45) is 7.83. The van der Waals surface area contributed by atoms with E-state index in [4.69, 9.17) is 4.74 Å². The molecule has 0 bridgehead atoms. The minimum atomic E-state index is -0.155. The number of thioether (sulfide) groups is 2. The molecule has 1 unspecified atom stereocenters. The summed E-state index contributed by atoms with van der Waals surface area (Å²) in [5.74, 6) is 3.22. The van der Waals surface area contributed by atoms with Crippen molar-refractivity contribution in [1.29, 1.82) is 0 Å². The van der Waals surface area contributed by atoms with Crippen LogP contribution in [0.4, 0.5) is 0 Å². The zero-order valence-corrected chi connectivity index (χ0v) is 12.7. The fourth-order valence-corrected chi connectivity index (χ4v) is 5.86. The maximum Gasteiger partial charge on any atom is 0.330 e. The van der Waals surface area contributed by atoms with Crippen molar-refractivity contribution in [2.75, 3.05) is 18.1 Å². The smallest absolute Gasteiger partial charge is 0.330 e. The Morgan fingerprint density at radius 2 is 2.17 bits per heavy atom. The topological polar surface area (TPSA) is 26.3 Å². The average Bonchev–Trinajstić information content (AvgIpc) is 2.40. The lowest BCUT2D eigenvalue weighted by atomic mass is 9.86. The molecule has 2 aliphatic rings. The number of rotatable bonds is 3. The number of hydrogen-bond donors (Lipinski definition) is 0. The molecule has 1 saturated carbocycles. The Bertz CT molecular complexity index is 309. The second-order valence-electron chi connectivity index (χ2n) is 4.87. The predicted molar refractivity (Wildman–Crippen MR) is 80.0 cm³/mol. The molecule has 0 aromatic rings. The third kappa shape index (κ3) is 4.23. The summed E-state index contributed by atoms with van der Waals surface area (Å²) in [5, 5.41) is 0. The van der Waals surface area contributed by atoms with Crippen molar-refractivity contribution < 1.29 is 9.53 Å². The van der Waals surface area contributed by atoms with Crippen molar-refractivity contribution in [3.63, 3.8) is 0 Å². The van der Waals surface area contributed by atoms with Gasteiger partial charge < -0.3 is 4.74 Å². The Kier molecular flexibility index (Phi) is 5.96. The average molecular weight is 286 g/mol. The quantitative estimate of drug-likeness (QED) is 0.581. The van der Waals surface area contributed by atoms with Crippen molar-refractivity contribution in [3.8, 4) is 0 Å². The van der Waals surface area contributed by atoms with E-state index in [2.05, 4.69) is 23.5 Å². The van der Waals surface area contributed by atoms with Crippen LogP contribution in [0.5, 0.6) is 0 Å². The first-order valence-electron chi connectivity index (χ1n) is 6.89. The van der Waals surface area contributed by atoms with Crippen molar-refractivity contribution in [2.24, 2.45) is 5.92 Å². The van der Waals surface area contributed by atoms with Gasteiger partial charge in [0.15, 0.2) is 0 Å². The van der Waals surface area contributed by atoms with Gasteiger partial charge in [-0.25, -0.2) is 4.79 Å². The van der Waals surface area contributed by atoms with Crippen LogP contribution in [0.25, 0.3) is 0 Å². The zero-order valence-electron chi connectivity index (χ0n) is 11.0. The first-order chi connectivity index (χ1) is 8.79. The molecule has 1 aliphatic carbocycles. The molecule has 4 heteroatoms. The van der Waals surface area contributed by atoms with E-state index in [-0.39, 0.29) is 5.97 Å². The van der Waals surface area contributed by atoms with Crippen LogP contribution in [0.15, 0.2) is 11.6 Å². The third-order valence-electron chi connectivity index (χ3n) is 3.44. The van der Waals surface area contributed by atoms with Gasteiger partial charge in [0.05, 0.1) is 11.2 Å². The van der Waals surface area contributed by atoms with Gasteiger partial charge in [-0.3, -0.25) is 0 Å². The molecule has 2 nitrogen and oxygen atoms in total. The van der Waals surface area contributed by atoms with Crippen molar-refractivity contribution in [1.82, 2.24) is 0 Å². The molecule has 102 valence electrons. The highest BCUT2D eigenvalue weighted by molar-refractivity contribution is 8.17. The monoisotopic (exact) mass is 286 g/mol. The van der Waals surface area contributed by atoms with Gasteiger partial charge >= 0.3 is 5.97 Å². The lowest BCUT2D eigenvalue weighted by molar-refractivity contribution is -0.137. The number of allylic oxidation sites excluding steroid dienone is 1. The number of ether oxygens (including phenoxy) is 1. The molecule has 2 rings (SSSR count). The lowest BCUT2D eigenvalue weighted by Gasteiger charge is -2.33. The van der Waals surface area contributed by atoms with Gasteiger partial charge in [-0.05, 0) is 56.5 Å². The summed E-state index contributed by atoms with van der Waals surface area (Å²) in [7, 11) is 0. The molecule has 0 radical (unpaired) electrons. The van der Waals surface area contributed by atoms with E-state index >= 15 is 0 Å². The van der Waals surface area contributed by atoms with Gasteiger partial charge in [-0.2, -0.15) is 0 Å². The van der Waals surface area contributed by atoms with E-state index in [0.717, 1.165) is 23.3 Å². The first kappa shape index (κ1) is 14.3. The molecule has 1 heterocycles. The fraction of sp³-hybridized carbons (Fsp3) is 0.786. The van der Waals surface area contributed by atoms with Crippen molar-refractivity contribution in [3.05, 3.63) is 11.6 Å². The molecule has 0 aromatic carbocycles. The van der Waals surface area contributed by atoms with E-state index in [1.54, 1.807) is 6.08 Å². The SMILES string of the molecule is CCOC(=O)/C=C1\CCCC(C2SCCCS2)C1. The van der Waals surface area contributed by atoms with Gasteiger partial charge in [0.2, 0.25) is 0 Å². The Labute approximate surface area is 118 Å². The summed E-state index contributed by atoms with van der Waals surface area (Å²) in [6.45, 7) is 2.33. The Morgan fingerprint density at radius 3 is 2.89 bits per heavy atom. The van der Waals surface area contributed by atoms with Gasteiger partial charge in [-0.15, -0.1) is 23.5 Å². The first-order valence-corrected chi connectivity index (χ1v) is 8.98. The van der Waals surface area contributed by atoms with Gasteiger partial charge in [-0.1, -0.05) is 5.57 Å². The van der Waals surface area contributed by atoms with Crippen LogP contribution in [-0.4, -0.2) is 28.7 Å². The second-order valence-corrected chi connectivity index (χ2v) is 7.67. The van der Waals surface area contributed by atoms with Crippen LogP contribution < -0.4 is 0 Å². The molecule has 1 saturated heterocycles. The van der Waals surface area contributed by atoms with Crippen LogP contribution in [0.1, 0.15) is 39.0 Å². The summed E-state index contributed by atoms with van der Waals surface area (Å²) in [6, 6.07) is 0. The molecule has 0 amide bonds. The summed E-state index contributed by atoms with van der Waals surface area (Å²) < 4.78 is 5.75. The van der Waals surface area contributed by atoms with Gasteiger partial charge in [0, 0.05) is 6.08 Å². The normalized spacial score (nSPS) is 28.3. The molecule has 18 heavy (non-hydrogen) atoms. The highest BCUT2D eigenvalue weighted by Crippen LogP contribution is 2.43. The van der Waals surface area contributed by atoms with Crippen LogP contribution in [-0.2, 0) is 9.53 Å². The number of esters is 1. The van der Waals surface area contributed by atoms with E-state index in [1.807, 2.05) is 6.92 Å². The Balaban J connectivity index is 1.89. The molecule has 2 fully saturated rings. The molecule has 1 aliphatic heterocycles. The highest BCUT2D eigenvalue weighted by Gasteiger charge is 2.28. The molecular formula is C14H22O2S2. The summed E-state index contributed by atoms with van der Waals surface area (Å²) in [4.78, 5) is 11.5. The van der Waals surface area contributed by atoms with Crippen molar-refractivity contribution in [2.45, 2.75) is 43.6 Å². The number of carbonyl (C=O) groups is 1. The molecule has 0 aromatic heterocycles. The van der Waals surface area contributed by atoms with Crippen LogP contribution in [0.2, 0.25) is 0 Å². The summed E-state index contributed by atoms with van der Waals surface area (Å²) in [5.41, 5.74) is 1.30. The van der Waals surface area contributed by atoms with E-state index in [1.165, 1.54) is 36.3 Å². The highest BCUT2D eigenvalue weighted by atomic mass is 32.2. The second kappa shape index (κ2) is 7.49. The molecular weight excluding hydrogens is 264 g/mol. The zero-order chi connectivity index (χ0) is 12.8. The lowest BCUT2D eigenvalue weighted by Crippen LogP contribution is -2.22. The van der Waals surface area contributed by atoms with E-state index in [0.29, 0.717) is 6.61 Å². The maximum absolute atomic E-state index is 11.5. The number of carbonyl (C=O) groups excluding carboxylic acids is 1. The standard InChI is InChI=1S/C14H22O2S2/c1-2-16-13(15)10-11-5-3-6-12(9-11)14-17-7-4-8-18-14/h10,12,14H,2-9H2,1H3/b11-10+. The summed E-state index contributed by atoms with van der Waals surface area (Å²) >= 11 is 4.24. The van der Waals surface area contributed by atoms with Gasteiger partial charge in [0.25, 0.3) is 0 Å².